The van der Waals surface area contributed by atoms with Crippen LogP contribution < -0.4 is 0 Å². The van der Waals surface area contributed by atoms with E-state index in [2.05, 4.69) is 74.8 Å². The van der Waals surface area contributed by atoms with E-state index in [4.69, 9.17) is 9.47 Å². The monoisotopic (exact) mass is 999 g/mol. The zero-order valence-electron chi connectivity index (χ0n) is 45.8. The summed E-state index contributed by atoms with van der Waals surface area (Å²) in [6, 6.07) is 7.59. The maximum atomic E-state index is 15.6. The number of ether oxygens (including phenoxy) is 2. The van der Waals surface area contributed by atoms with Crippen LogP contribution >= 0.6 is 0 Å². The fourth-order valence-corrected chi connectivity index (χ4v) is 19.8. The largest absolute Gasteiger partial charge is 0.396 e. The third-order valence-corrected chi connectivity index (χ3v) is 23.5. The Labute approximate surface area is 436 Å². The van der Waals surface area contributed by atoms with E-state index in [1.54, 1.807) is 0 Å². The standard InChI is InChI=1S/C64H90N2O7/c1-59(2)58(73-59)49(69)33-60(3)23-19-42-35-65-53-45(30-38-28-43(39-14-9-8-10-15-39)31-44(29-38)40-21-26-72-27-22-40)36-66(54(42)53)37-47-51-52(60)48(68)34-63(51,6)62(5)24-20-50-61(4,56(62)55(47)70)32-41(16-13-25-67)57(71)64(50,7)46-17-11-12-18-46/h28-29,31,35-36,39-41,46-47,49-50,55-56,58,65,67,69-70H,8-27,30,32-34,37H2,1-7H3. The van der Waals surface area contributed by atoms with E-state index < -0.39 is 39.5 Å². The molecule has 12 atom stereocenters. The van der Waals surface area contributed by atoms with Crippen LogP contribution in [0.4, 0.5) is 0 Å². The number of Topliss-reactive ketones (excluding diaryl/α,β-unsaturated/α-hetero) is 2. The van der Waals surface area contributed by atoms with Crippen LogP contribution in [0.1, 0.15) is 210 Å². The number of hydrogen-bond acceptors (Lipinski definition) is 7. The number of nitrogens with one attached hydrogen (secondary N) is 1. The van der Waals surface area contributed by atoms with Gasteiger partial charge in [0.1, 0.15) is 11.9 Å². The van der Waals surface area contributed by atoms with Gasteiger partial charge in [-0.15, -0.1) is 0 Å². The molecule has 7 fully saturated rings. The Bertz CT molecular complexity index is 2620. The number of aromatic nitrogens is 2. The van der Waals surface area contributed by atoms with Crippen molar-refractivity contribution in [1.29, 1.82) is 0 Å². The number of epoxide rings is 1. The average molecular weight is 999 g/mol. The van der Waals surface area contributed by atoms with E-state index in [0.29, 0.717) is 62.2 Å². The molecule has 398 valence electrons. The fraction of sp³-hybridized carbons (Fsp3) is 0.750. The number of allylic oxidation sites excluding steroid dienone is 1. The summed E-state index contributed by atoms with van der Waals surface area (Å²) in [4.78, 5) is 34.7. The Hall–Kier alpha value is -3.08. The number of benzene rings is 1. The maximum Gasteiger partial charge on any atom is 0.160 e. The lowest BCUT2D eigenvalue weighted by atomic mass is 9.33. The van der Waals surface area contributed by atoms with Gasteiger partial charge in [-0.2, -0.15) is 0 Å². The van der Waals surface area contributed by atoms with Gasteiger partial charge in [0.2, 0.25) is 0 Å². The zero-order chi connectivity index (χ0) is 51.0. The van der Waals surface area contributed by atoms with E-state index in [0.717, 1.165) is 95.0 Å². The minimum absolute atomic E-state index is 0.0718. The van der Waals surface area contributed by atoms with Gasteiger partial charge in [0.05, 0.1) is 28.8 Å². The second-order valence-corrected chi connectivity index (χ2v) is 27.9. The molecule has 1 aromatic carbocycles. The molecule has 9 aliphatic rings. The fourth-order valence-electron chi connectivity index (χ4n) is 19.8. The van der Waals surface area contributed by atoms with Crippen LogP contribution in [0, 0.1) is 56.7 Å². The Balaban J connectivity index is 1.00. The lowest BCUT2D eigenvalue weighted by molar-refractivity contribution is -0.233. The van der Waals surface area contributed by atoms with E-state index in [-0.39, 0.29) is 47.6 Å². The van der Waals surface area contributed by atoms with Gasteiger partial charge in [0.15, 0.2) is 5.78 Å². The van der Waals surface area contributed by atoms with Gasteiger partial charge in [-0.1, -0.05) is 84.9 Å². The van der Waals surface area contributed by atoms with Crippen molar-refractivity contribution in [2.75, 3.05) is 19.8 Å². The lowest BCUT2D eigenvalue weighted by Crippen LogP contribution is -2.69. The van der Waals surface area contributed by atoms with Crippen molar-refractivity contribution in [3.8, 4) is 0 Å². The first-order chi connectivity index (χ1) is 34.8. The number of carbonyl (C=O) groups excluding carboxylic acids is 2. The van der Waals surface area contributed by atoms with Gasteiger partial charge in [-0.3, -0.25) is 9.59 Å². The van der Waals surface area contributed by atoms with Crippen molar-refractivity contribution in [2.45, 2.75) is 226 Å². The van der Waals surface area contributed by atoms with E-state index in [1.165, 1.54) is 71.0 Å². The number of nitrogens with zero attached hydrogens (tertiary/aromatic N) is 1. The molecule has 4 N–H and O–H groups in total. The molecule has 5 saturated carbocycles. The summed E-state index contributed by atoms with van der Waals surface area (Å²) in [5.74, 6) is 1.50. The quantitative estimate of drug-likeness (QED) is 0.140. The molecule has 0 radical (unpaired) electrons. The maximum absolute atomic E-state index is 15.6. The second kappa shape index (κ2) is 18.3. The van der Waals surface area contributed by atoms with Crippen LogP contribution in [0.15, 0.2) is 41.7 Å². The lowest BCUT2D eigenvalue weighted by Gasteiger charge is -2.71. The van der Waals surface area contributed by atoms with Gasteiger partial charge >= 0.3 is 0 Å². The molecule has 0 spiro atoms. The first kappa shape index (κ1) is 50.7. The number of aryl methyl sites for hydroxylation is 1. The van der Waals surface area contributed by atoms with Gasteiger partial charge in [-0.25, -0.2) is 0 Å². The summed E-state index contributed by atoms with van der Waals surface area (Å²) in [5, 5.41) is 36.5. The molecule has 0 amide bonds. The summed E-state index contributed by atoms with van der Waals surface area (Å²) < 4.78 is 14.5. The average Bonchev–Trinajstić information content (AvgIpc) is 3.92. The Kier molecular flexibility index (Phi) is 12.7. The summed E-state index contributed by atoms with van der Waals surface area (Å²) >= 11 is 0. The van der Waals surface area contributed by atoms with Gasteiger partial charge in [-0.05, 0) is 183 Å². The molecule has 3 aromatic rings. The van der Waals surface area contributed by atoms with Crippen LogP contribution in [0.25, 0.3) is 11.0 Å². The van der Waals surface area contributed by atoms with Gasteiger partial charge < -0.3 is 34.3 Å². The highest BCUT2D eigenvalue weighted by Gasteiger charge is 2.74. The van der Waals surface area contributed by atoms with Crippen LogP contribution in [0.3, 0.4) is 0 Å². The topological polar surface area (TPSA) is 137 Å². The highest BCUT2D eigenvalue weighted by Crippen LogP contribution is 2.77. The summed E-state index contributed by atoms with van der Waals surface area (Å²) in [6.07, 6.45) is 22.8. The Morgan fingerprint density at radius 3 is 2.23 bits per heavy atom. The predicted molar refractivity (Wildman–Crippen MR) is 286 cm³/mol. The smallest absolute Gasteiger partial charge is 0.160 e. The molecule has 2 saturated heterocycles. The molecule has 6 aliphatic carbocycles. The molecule has 0 bridgehead atoms. The third-order valence-electron chi connectivity index (χ3n) is 23.5. The van der Waals surface area contributed by atoms with Crippen molar-refractivity contribution >= 4 is 22.6 Å². The molecule has 9 heteroatoms. The van der Waals surface area contributed by atoms with Crippen LogP contribution in [0.2, 0.25) is 0 Å². The number of aliphatic hydroxyl groups excluding tert-OH is 3. The predicted octanol–water partition coefficient (Wildman–Crippen LogP) is 12.2. The van der Waals surface area contributed by atoms with Crippen molar-refractivity contribution in [2.24, 2.45) is 56.7 Å². The van der Waals surface area contributed by atoms with Crippen LogP contribution in [-0.4, -0.2) is 80.2 Å². The first-order valence-electron chi connectivity index (χ1n) is 29.7. The minimum atomic E-state index is -0.766. The van der Waals surface area contributed by atoms with E-state index in [9.17, 15) is 15.3 Å². The van der Waals surface area contributed by atoms with Crippen molar-refractivity contribution in [3.05, 3.63) is 69.6 Å². The zero-order valence-corrected chi connectivity index (χ0v) is 45.8. The molecule has 5 heterocycles. The molecule has 9 nitrogen and oxygen atoms in total. The summed E-state index contributed by atoms with van der Waals surface area (Å²) in [6.45, 7) is 18.3. The first-order valence-corrected chi connectivity index (χ1v) is 29.7. The number of aromatic amines is 1. The number of fused-ring (bicyclic) bond motifs is 4. The number of hydrogen-bond donors (Lipinski definition) is 4. The number of H-pyrrole nitrogens is 1. The van der Waals surface area contributed by atoms with Gasteiger partial charge in [0.25, 0.3) is 0 Å². The molecule has 3 aliphatic heterocycles. The number of aliphatic hydroxyl groups is 3. The number of rotatable bonds is 11. The molecular weight excluding hydrogens is 909 g/mol. The Morgan fingerprint density at radius 2 is 1.55 bits per heavy atom. The SMILES string of the molecule is CC1(CC(O)C2OC2(C)C)CCc2c[nH]c3c(Cc4cc(C5CCCCC5)cc(C5CCOCC5)c4)cn(c23)CC2C3=C1C(=O)CC3(C)C1(C)CCC3C(C)(CC(CCCO)C(=O)C3(C)C3CCCC3)C1C2O. The summed E-state index contributed by atoms with van der Waals surface area (Å²) in [5.41, 5.74) is 8.37. The van der Waals surface area contributed by atoms with E-state index in [1.807, 2.05) is 13.8 Å². The van der Waals surface area contributed by atoms with Crippen molar-refractivity contribution in [3.63, 3.8) is 0 Å². The molecule has 12 unspecified atom stereocenters. The second-order valence-electron chi connectivity index (χ2n) is 27.9. The van der Waals surface area contributed by atoms with Crippen molar-refractivity contribution in [1.82, 2.24) is 9.55 Å². The molecule has 2 aromatic heterocycles. The van der Waals surface area contributed by atoms with Crippen LogP contribution in [-0.2, 0) is 38.4 Å². The molecule has 73 heavy (non-hydrogen) atoms. The Morgan fingerprint density at radius 1 is 0.863 bits per heavy atom. The third kappa shape index (κ3) is 7.88. The molecular formula is C64H90N2O7. The number of ketones is 2. The van der Waals surface area contributed by atoms with Crippen molar-refractivity contribution < 1.29 is 34.4 Å². The summed E-state index contributed by atoms with van der Waals surface area (Å²) in [7, 11) is 0. The normalized spacial score (nSPS) is 39.4. The highest BCUT2D eigenvalue weighted by atomic mass is 16.6. The van der Waals surface area contributed by atoms with Gasteiger partial charge in [0, 0.05) is 79.8 Å². The minimum Gasteiger partial charge on any atom is -0.396 e. The molecule has 12 rings (SSSR count). The number of carbonyl (C=O) groups is 2. The highest BCUT2D eigenvalue weighted by molar-refractivity contribution is 6.02. The van der Waals surface area contributed by atoms with Crippen LogP contribution in [0.5, 0.6) is 0 Å². The van der Waals surface area contributed by atoms with E-state index >= 15 is 9.59 Å².